The van der Waals surface area contributed by atoms with Crippen LogP contribution in [0.4, 0.5) is 0 Å². The quantitative estimate of drug-likeness (QED) is 0.844. The average molecular weight is 288 g/mol. The first-order valence-corrected chi connectivity index (χ1v) is 6.16. The molecular weight excluding hydrogens is 270 g/mol. The highest BCUT2D eigenvalue weighted by molar-refractivity contribution is 9.10. The Balaban J connectivity index is 2.54. The van der Waals surface area contributed by atoms with E-state index < -0.39 is 0 Å². The van der Waals surface area contributed by atoms with Crippen LogP contribution in [0, 0.1) is 0 Å². The maximum Gasteiger partial charge on any atom is 0.133 e. The summed E-state index contributed by atoms with van der Waals surface area (Å²) in [7, 11) is 1.92. The monoisotopic (exact) mass is 287 g/mol. The molecule has 16 heavy (non-hydrogen) atoms. The van der Waals surface area contributed by atoms with Crippen molar-refractivity contribution in [1.82, 2.24) is 5.32 Å². The van der Waals surface area contributed by atoms with E-state index in [1.54, 1.807) is 6.92 Å². The van der Waals surface area contributed by atoms with Crippen molar-refractivity contribution in [3.05, 3.63) is 28.2 Å². The predicted octanol–water partition coefficient (Wildman–Crippen LogP) is 2.32. The zero-order chi connectivity index (χ0) is 12.0. The molecule has 0 heterocycles. The van der Waals surface area contributed by atoms with Gasteiger partial charge in [-0.3, -0.25) is 0 Å². The van der Waals surface area contributed by atoms with Crippen LogP contribution in [0.5, 0.6) is 5.75 Å². The van der Waals surface area contributed by atoms with Crippen molar-refractivity contribution in [2.45, 2.75) is 26.0 Å². The maximum atomic E-state index is 9.11. The topological polar surface area (TPSA) is 41.5 Å². The largest absolute Gasteiger partial charge is 0.492 e. The minimum atomic E-state index is -0.317. The van der Waals surface area contributed by atoms with Crippen molar-refractivity contribution in [2.75, 3.05) is 13.7 Å². The molecule has 2 N–H and O–H groups in total. The number of hydrogen-bond donors (Lipinski definition) is 2. The summed E-state index contributed by atoms with van der Waals surface area (Å²) in [5, 5.41) is 12.2. The number of rotatable bonds is 6. The second-order valence-corrected chi connectivity index (χ2v) is 4.64. The molecule has 0 saturated carbocycles. The van der Waals surface area contributed by atoms with Crippen molar-refractivity contribution in [3.63, 3.8) is 0 Å². The summed E-state index contributed by atoms with van der Waals surface area (Å²) < 4.78 is 6.50. The molecule has 3 nitrogen and oxygen atoms in total. The zero-order valence-electron chi connectivity index (χ0n) is 9.66. The SMILES string of the molecule is CNCc1ccc(OCCC(C)O)c(Br)c1. The van der Waals surface area contributed by atoms with E-state index in [9.17, 15) is 0 Å². The van der Waals surface area contributed by atoms with Crippen LogP contribution in [0.15, 0.2) is 22.7 Å². The van der Waals surface area contributed by atoms with E-state index in [1.165, 1.54) is 5.56 Å². The Bertz CT molecular complexity index is 329. The Kier molecular flexibility index (Phi) is 5.80. The van der Waals surface area contributed by atoms with Gasteiger partial charge in [-0.2, -0.15) is 0 Å². The van der Waals surface area contributed by atoms with E-state index in [0.29, 0.717) is 13.0 Å². The van der Waals surface area contributed by atoms with Crippen molar-refractivity contribution in [1.29, 1.82) is 0 Å². The van der Waals surface area contributed by atoms with E-state index in [4.69, 9.17) is 9.84 Å². The fraction of sp³-hybridized carbons (Fsp3) is 0.500. The van der Waals surface area contributed by atoms with Crippen LogP contribution in [0.1, 0.15) is 18.9 Å². The van der Waals surface area contributed by atoms with Gasteiger partial charge in [0, 0.05) is 13.0 Å². The van der Waals surface area contributed by atoms with E-state index >= 15 is 0 Å². The molecule has 0 aliphatic rings. The third-order valence-corrected chi connectivity index (χ3v) is 2.79. The third-order valence-electron chi connectivity index (χ3n) is 2.17. The van der Waals surface area contributed by atoms with Gasteiger partial charge in [-0.05, 0) is 47.6 Å². The Hall–Kier alpha value is -0.580. The first-order valence-electron chi connectivity index (χ1n) is 5.37. The molecule has 0 fully saturated rings. The highest BCUT2D eigenvalue weighted by Gasteiger charge is 2.03. The molecule has 1 aromatic carbocycles. The Labute approximate surface area is 105 Å². The fourth-order valence-corrected chi connectivity index (χ4v) is 1.86. The lowest BCUT2D eigenvalue weighted by Gasteiger charge is -2.10. The minimum absolute atomic E-state index is 0.317. The number of hydrogen-bond acceptors (Lipinski definition) is 3. The van der Waals surface area contributed by atoms with Crippen LogP contribution in [-0.4, -0.2) is 24.9 Å². The van der Waals surface area contributed by atoms with E-state index in [1.807, 2.05) is 25.2 Å². The summed E-state index contributed by atoms with van der Waals surface area (Å²) >= 11 is 3.47. The van der Waals surface area contributed by atoms with Gasteiger partial charge in [0.1, 0.15) is 5.75 Å². The number of ether oxygens (including phenoxy) is 1. The third kappa shape index (κ3) is 4.51. The van der Waals surface area contributed by atoms with Crippen molar-refractivity contribution in [3.8, 4) is 5.75 Å². The number of nitrogens with one attached hydrogen (secondary N) is 1. The Morgan fingerprint density at radius 2 is 2.25 bits per heavy atom. The van der Waals surface area contributed by atoms with Gasteiger partial charge in [0.15, 0.2) is 0 Å². The Morgan fingerprint density at radius 1 is 1.50 bits per heavy atom. The zero-order valence-corrected chi connectivity index (χ0v) is 11.3. The predicted molar refractivity (Wildman–Crippen MR) is 68.7 cm³/mol. The summed E-state index contributed by atoms with van der Waals surface area (Å²) in [6, 6.07) is 6.01. The van der Waals surface area contributed by atoms with Crippen molar-refractivity contribution < 1.29 is 9.84 Å². The summed E-state index contributed by atoms with van der Waals surface area (Å²) in [6.45, 7) is 3.13. The summed E-state index contributed by atoms with van der Waals surface area (Å²) in [5.74, 6) is 0.820. The molecule has 1 unspecified atom stereocenters. The van der Waals surface area contributed by atoms with Gasteiger partial charge in [-0.25, -0.2) is 0 Å². The molecule has 0 aromatic heterocycles. The molecular formula is C12H18BrNO2. The van der Waals surface area contributed by atoms with Gasteiger partial charge >= 0.3 is 0 Å². The molecule has 1 aromatic rings. The van der Waals surface area contributed by atoms with Gasteiger partial charge in [0.05, 0.1) is 17.2 Å². The molecule has 90 valence electrons. The van der Waals surface area contributed by atoms with Crippen LogP contribution in [-0.2, 0) is 6.54 Å². The van der Waals surface area contributed by atoms with Gasteiger partial charge in [-0.15, -0.1) is 0 Å². The first kappa shape index (κ1) is 13.5. The fourth-order valence-electron chi connectivity index (χ4n) is 1.31. The normalized spacial score (nSPS) is 12.5. The lowest BCUT2D eigenvalue weighted by atomic mass is 10.2. The standard InChI is InChI=1S/C12H18BrNO2/c1-9(15)5-6-16-12-4-3-10(8-14-2)7-11(12)13/h3-4,7,9,14-15H,5-6,8H2,1-2H3. The molecule has 0 aliphatic heterocycles. The van der Waals surface area contributed by atoms with E-state index in [-0.39, 0.29) is 6.10 Å². The molecule has 0 radical (unpaired) electrons. The molecule has 1 rings (SSSR count). The van der Waals surface area contributed by atoms with Crippen molar-refractivity contribution >= 4 is 15.9 Å². The van der Waals surface area contributed by atoms with Gasteiger partial charge < -0.3 is 15.2 Å². The second-order valence-electron chi connectivity index (χ2n) is 3.78. The number of aliphatic hydroxyl groups excluding tert-OH is 1. The summed E-state index contributed by atoms with van der Waals surface area (Å²) in [5.41, 5.74) is 1.21. The maximum absolute atomic E-state index is 9.11. The van der Waals surface area contributed by atoms with Crippen molar-refractivity contribution in [2.24, 2.45) is 0 Å². The molecule has 4 heteroatoms. The lowest BCUT2D eigenvalue weighted by molar-refractivity contribution is 0.155. The second kappa shape index (κ2) is 6.89. The van der Waals surface area contributed by atoms with Gasteiger partial charge in [-0.1, -0.05) is 6.07 Å². The van der Waals surface area contributed by atoms with Crippen LogP contribution >= 0.6 is 15.9 Å². The lowest BCUT2D eigenvalue weighted by Crippen LogP contribution is -2.08. The average Bonchev–Trinajstić information content (AvgIpc) is 2.21. The van der Waals surface area contributed by atoms with E-state index in [0.717, 1.165) is 16.8 Å². The molecule has 0 aliphatic carbocycles. The van der Waals surface area contributed by atoms with Crippen LogP contribution in [0.2, 0.25) is 0 Å². The van der Waals surface area contributed by atoms with E-state index in [2.05, 4.69) is 21.2 Å². The number of benzene rings is 1. The number of aliphatic hydroxyl groups is 1. The molecule has 1 atom stereocenters. The molecule has 0 saturated heterocycles. The number of halogens is 1. The molecule has 0 spiro atoms. The first-order chi connectivity index (χ1) is 7.63. The van der Waals surface area contributed by atoms with Gasteiger partial charge in [0.25, 0.3) is 0 Å². The van der Waals surface area contributed by atoms with Gasteiger partial charge in [0.2, 0.25) is 0 Å². The molecule has 0 bridgehead atoms. The summed E-state index contributed by atoms with van der Waals surface area (Å²) in [4.78, 5) is 0. The Morgan fingerprint density at radius 3 is 2.81 bits per heavy atom. The smallest absolute Gasteiger partial charge is 0.133 e. The summed E-state index contributed by atoms with van der Waals surface area (Å²) in [6.07, 6.45) is 0.326. The molecule has 0 amide bonds. The van der Waals surface area contributed by atoms with Crippen LogP contribution in [0.3, 0.4) is 0 Å². The van der Waals surface area contributed by atoms with Crippen LogP contribution < -0.4 is 10.1 Å². The minimum Gasteiger partial charge on any atom is -0.492 e. The highest BCUT2D eigenvalue weighted by atomic mass is 79.9. The van der Waals surface area contributed by atoms with Crippen LogP contribution in [0.25, 0.3) is 0 Å². The highest BCUT2D eigenvalue weighted by Crippen LogP contribution is 2.26.